The molecule has 0 saturated carbocycles. The molecule has 3 heteroatoms. The lowest BCUT2D eigenvalue weighted by Gasteiger charge is -2.14. The summed E-state index contributed by atoms with van der Waals surface area (Å²) < 4.78 is 26.7. The number of alkyl halides is 2. The van der Waals surface area contributed by atoms with Gasteiger partial charge >= 0.3 is 5.92 Å². The molecule has 0 aliphatic rings. The largest absolute Gasteiger partial charge is 0.309 e. The predicted octanol–water partition coefficient (Wildman–Crippen LogP) is 3.40. The molecule has 16 heavy (non-hydrogen) atoms. The van der Waals surface area contributed by atoms with Crippen LogP contribution in [-0.4, -0.2) is 11.7 Å². The fraction of sp³-hybridized carbons (Fsp3) is 0.308. The first kappa shape index (κ1) is 12.6. The van der Waals surface area contributed by atoms with E-state index in [9.17, 15) is 13.6 Å². The highest BCUT2D eigenvalue weighted by molar-refractivity contribution is 5.87. The third-order valence-corrected chi connectivity index (χ3v) is 2.14. The van der Waals surface area contributed by atoms with Crippen molar-refractivity contribution in [2.45, 2.75) is 25.7 Å². The molecule has 0 saturated heterocycles. The van der Waals surface area contributed by atoms with Crippen LogP contribution in [0.1, 0.15) is 18.9 Å². The highest BCUT2D eigenvalue weighted by Crippen LogP contribution is 2.25. The molecule has 1 rings (SSSR count). The van der Waals surface area contributed by atoms with E-state index in [2.05, 4.69) is 6.58 Å². The third kappa shape index (κ3) is 3.57. The molecule has 86 valence electrons. The van der Waals surface area contributed by atoms with Crippen LogP contribution in [0, 0.1) is 0 Å². The summed E-state index contributed by atoms with van der Waals surface area (Å²) in [5.74, 6) is -4.36. The van der Waals surface area contributed by atoms with E-state index in [1.165, 1.54) is 6.92 Å². The average Bonchev–Trinajstić information content (AvgIpc) is 2.17. The van der Waals surface area contributed by atoms with Crippen LogP contribution in [0.15, 0.2) is 42.5 Å². The lowest BCUT2D eigenvalue weighted by Crippen LogP contribution is -2.30. The minimum Gasteiger partial charge on any atom is -0.293 e. The molecule has 0 fully saturated rings. The normalized spacial score (nSPS) is 11.2. The highest BCUT2D eigenvalue weighted by Gasteiger charge is 2.37. The summed E-state index contributed by atoms with van der Waals surface area (Å²) in [6.07, 6.45) is -0.806. The Morgan fingerprint density at radius 3 is 2.38 bits per heavy atom. The molecule has 0 unspecified atom stereocenters. The van der Waals surface area contributed by atoms with E-state index in [0.717, 1.165) is 0 Å². The number of Topliss-reactive ketones (excluding diaryl/α,β-unsaturated/α-hetero) is 1. The molecule has 1 aromatic carbocycles. The molecule has 0 spiro atoms. The zero-order valence-corrected chi connectivity index (χ0v) is 9.17. The van der Waals surface area contributed by atoms with E-state index in [4.69, 9.17) is 0 Å². The molecule has 0 N–H and O–H groups in total. The van der Waals surface area contributed by atoms with Gasteiger partial charge in [0.1, 0.15) is 0 Å². The summed E-state index contributed by atoms with van der Waals surface area (Å²) in [5, 5.41) is 0. The van der Waals surface area contributed by atoms with Crippen LogP contribution in [0.5, 0.6) is 0 Å². The van der Waals surface area contributed by atoms with E-state index < -0.39 is 18.1 Å². The number of hydrogen-bond donors (Lipinski definition) is 0. The standard InChI is InChI=1S/C13H14F2O/c1-10(2)9-13(14,15)12(16)8-11-6-4-3-5-7-11/h3-7H,1,8-9H2,2H3. The Morgan fingerprint density at radius 1 is 1.31 bits per heavy atom. The highest BCUT2D eigenvalue weighted by atomic mass is 19.3. The van der Waals surface area contributed by atoms with Crippen LogP contribution in [0.2, 0.25) is 0 Å². The molecule has 0 radical (unpaired) electrons. The number of halogens is 2. The maximum atomic E-state index is 13.3. The number of benzene rings is 1. The maximum Gasteiger partial charge on any atom is 0.309 e. The molecule has 0 aliphatic heterocycles. The van der Waals surface area contributed by atoms with Gasteiger partial charge in [-0.1, -0.05) is 42.5 Å². The fourth-order valence-electron chi connectivity index (χ4n) is 1.39. The Bertz CT molecular complexity index is 382. The van der Waals surface area contributed by atoms with Crippen LogP contribution in [0.4, 0.5) is 8.78 Å². The first-order chi connectivity index (χ1) is 7.42. The van der Waals surface area contributed by atoms with Crippen molar-refractivity contribution in [2.24, 2.45) is 0 Å². The van der Waals surface area contributed by atoms with Gasteiger partial charge in [-0.15, -0.1) is 0 Å². The van der Waals surface area contributed by atoms with E-state index in [1.807, 2.05) is 0 Å². The lowest BCUT2D eigenvalue weighted by molar-refractivity contribution is -0.142. The number of allylic oxidation sites excluding steroid dienone is 1. The first-order valence-electron chi connectivity index (χ1n) is 5.01. The Balaban J connectivity index is 2.68. The Hall–Kier alpha value is -1.51. The fourth-order valence-corrected chi connectivity index (χ4v) is 1.39. The molecule has 1 aromatic rings. The lowest BCUT2D eigenvalue weighted by atomic mass is 10.0. The van der Waals surface area contributed by atoms with Gasteiger partial charge in [0.15, 0.2) is 0 Å². The second-order valence-corrected chi connectivity index (χ2v) is 3.92. The van der Waals surface area contributed by atoms with Crippen molar-refractivity contribution in [1.82, 2.24) is 0 Å². The van der Waals surface area contributed by atoms with Crippen LogP contribution in [0.3, 0.4) is 0 Å². The van der Waals surface area contributed by atoms with Crippen molar-refractivity contribution in [3.05, 3.63) is 48.0 Å². The SMILES string of the molecule is C=C(C)CC(F)(F)C(=O)Cc1ccccc1. The maximum absolute atomic E-state index is 13.3. The second kappa shape index (κ2) is 5.01. The third-order valence-electron chi connectivity index (χ3n) is 2.14. The summed E-state index contributed by atoms with van der Waals surface area (Å²) >= 11 is 0. The minimum atomic E-state index is -3.30. The summed E-state index contributed by atoms with van der Waals surface area (Å²) in [6.45, 7) is 4.89. The van der Waals surface area contributed by atoms with Crippen molar-refractivity contribution in [3.8, 4) is 0 Å². The zero-order chi connectivity index (χ0) is 12.2. The molecule has 0 bridgehead atoms. The first-order valence-corrected chi connectivity index (χ1v) is 5.01. The topological polar surface area (TPSA) is 17.1 Å². The molecule has 0 atom stereocenters. The molecule has 0 aromatic heterocycles. The molecular weight excluding hydrogens is 210 g/mol. The van der Waals surface area contributed by atoms with E-state index in [1.54, 1.807) is 30.3 Å². The van der Waals surface area contributed by atoms with Crippen molar-refractivity contribution >= 4 is 5.78 Å². The Labute approximate surface area is 93.8 Å². The van der Waals surface area contributed by atoms with Crippen molar-refractivity contribution in [2.75, 3.05) is 0 Å². The van der Waals surface area contributed by atoms with E-state index in [-0.39, 0.29) is 6.42 Å². The van der Waals surface area contributed by atoms with Crippen molar-refractivity contribution in [3.63, 3.8) is 0 Å². The molecular formula is C13H14F2O. The van der Waals surface area contributed by atoms with E-state index >= 15 is 0 Å². The van der Waals surface area contributed by atoms with Crippen LogP contribution in [-0.2, 0) is 11.2 Å². The number of ketones is 1. The van der Waals surface area contributed by atoms with Gasteiger partial charge in [0.2, 0.25) is 5.78 Å². The van der Waals surface area contributed by atoms with Gasteiger partial charge < -0.3 is 0 Å². The number of hydrogen-bond acceptors (Lipinski definition) is 1. The quantitative estimate of drug-likeness (QED) is 0.700. The predicted molar refractivity (Wildman–Crippen MR) is 59.5 cm³/mol. The van der Waals surface area contributed by atoms with Gasteiger partial charge in [-0.05, 0) is 12.5 Å². The van der Waals surface area contributed by atoms with Gasteiger partial charge in [-0.25, -0.2) is 0 Å². The summed E-state index contributed by atoms with van der Waals surface area (Å²) in [7, 11) is 0. The summed E-state index contributed by atoms with van der Waals surface area (Å²) in [4.78, 5) is 11.4. The minimum absolute atomic E-state index is 0.235. The summed E-state index contributed by atoms with van der Waals surface area (Å²) in [5.41, 5.74) is 0.917. The molecule has 0 heterocycles. The van der Waals surface area contributed by atoms with Gasteiger partial charge in [-0.2, -0.15) is 8.78 Å². The zero-order valence-electron chi connectivity index (χ0n) is 9.17. The monoisotopic (exact) mass is 224 g/mol. The van der Waals surface area contributed by atoms with Gasteiger partial charge in [-0.3, -0.25) is 4.79 Å². The Morgan fingerprint density at radius 2 is 1.88 bits per heavy atom. The number of carbonyl (C=O) groups excluding carboxylic acids is 1. The van der Waals surface area contributed by atoms with Gasteiger partial charge in [0.25, 0.3) is 0 Å². The number of carbonyl (C=O) groups is 1. The second-order valence-electron chi connectivity index (χ2n) is 3.92. The van der Waals surface area contributed by atoms with Crippen LogP contribution < -0.4 is 0 Å². The van der Waals surface area contributed by atoms with Crippen LogP contribution >= 0.6 is 0 Å². The average molecular weight is 224 g/mol. The van der Waals surface area contributed by atoms with Crippen LogP contribution in [0.25, 0.3) is 0 Å². The smallest absolute Gasteiger partial charge is 0.293 e. The van der Waals surface area contributed by atoms with Gasteiger partial charge in [0.05, 0.1) is 0 Å². The number of rotatable bonds is 5. The molecule has 0 aliphatic carbocycles. The van der Waals surface area contributed by atoms with Gasteiger partial charge in [0, 0.05) is 12.8 Å². The Kier molecular flexibility index (Phi) is 3.93. The molecule has 0 amide bonds. The summed E-state index contributed by atoms with van der Waals surface area (Å²) in [6, 6.07) is 8.54. The van der Waals surface area contributed by atoms with Crippen molar-refractivity contribution < 1.29 is 13.6 Å². The van der Waals surface area contributed by atoms with E-state index in [0.29, 0.717) is 11.1 Å². The van der Waals surface area contributed by atoms with Crippen molar-refractivity contribution in [1.29, 1.82) is 0 Å². The molecule has 1 nitrogen and oxygen atoms in total.